The van der Waals surface area contributed by atoms with E-state index < -0.39 is 0 Å². The normalized spacial score (nSPS) is 10.6. The van der Waals surface area contributed by atoms with Gasteiger partial charge in [0.25, 0.3) is 0 Å². The number of amides is 1. The minimum Gasteiger partial charge on any atom is -0.462 e. The Hall–Kier alpha value is -3.84. The molecule has 0 aliphatic carbocycles. The molecule has 1 amide bonds. The van der Waals surface area contributed by atoms with Crippen LogP contribution in [0.3, 0.4) is 0 Å². The van der Waals surface area contributed by atoms with Gasteiger partial charge in [0.15, 0.2) is 0 Å². The number of aromatic nitrogens is 2. The predicted molar refractivity (Wildman–Crippen MR) is 135 cm³/mol. The number of rotatable bonds is 8. The first-order valence-electron chi connectivity index (χ1n) is 11.1. The van der Waals surface area contributed by atoms with Gasteiger partial charge >= 0.3 is 5.97 Å². The molecule has 0 atom stereocenters. The van der Waals surface area contributed by atoms with Crippen LogP contribution >= 0.6 is 11.3 Å². The third-order valence-corrected chi connectivity index (χ3v) is 6.30. The van der Waals surface area contributed by atoms with Gasteiger partial charge in [0, 0.05) is 24.6 Å². The maximum atomic E-state index is 12.3. The van der Waals surface area contributed by atoms with Crippen LogP contribution in [0.15, 0.2) is 72.9 Å². The number of anilines is 1. The number of carbonyl (C=O) groups is 2. The third-order valence-electron chi connectivity index (χ3n) is 5.13. The molecule has 6 nitrogen and oxygen atoms in total. The zero-order valence-corrected chi connectivity index (χ0v) is 19.9. The van der Waals surface area contributed by atoms with E-state index >= 15 is 0 Å². The summed E-state index contributed by atoms with van der Waals surface area (Å²) in [6.45, 7) is 4.08. The fourth-order valence-electron chi connectivity index (χ4n) is 3.42. The zero-order valence-electron chi connectivity index (χ0n) is 19.1. The van der Waals surface area contributed by atoms with Crippen molar-refractivity contribution in [3.63, 3.8) is 0 Å². The SMILES string of the molecule is CCC(=O)Nc1cc(-c2sc(CCOC(=O)c3ccccc3)nc2-c2cccc(C)c2)ccn1. The number of nitrogens with one attached hydrogen (secondary N) is 1. The van der Waals surface area contributed by atoms with Gasteiger partial charge in [-0.15, -0.1) is 11.3 Å². The lowest BCUT2D eigenvalue weighted by molar-refractivity contribution is -0.115. The van der Waals surface area contributed by atoms with E-state index in [2.05, 4.69) is 16.4 Å². The molecule has 4 rings (SSSR count). The lowest BCUT2D eigenvalue weighted by Gasteiger charge is -2.07. The molecule has 1 N–H and O–H groups in total. The Kier molecular flexibility index (Phi) is 7.44. The largest absolute Gasteiger partial charge is 0.462 e. The maximum Gasteiger partial charge on any atom is 0.338 e. The monoisotopic (exact) mass is 471 g/mol. The topological polar surface area (TPSA) is 81.2 Å². The minimum absolute atomic E-state index is 0.0891. The van der Waals surface area contributed by atoms with E-state index in [4.69, 9.17) is 9.72 Å². The number of pyridine rings is 1. The number of carbonyl (C=O) groups excluding carboxylic acids is 2. The molecule has 172 valence electrons. The minimum atomic E-state index is -0.346. The van der Waals surface area contributed by atoms with Crippen molar-refractivity contribution in [2.45, 2.75) is 26.7 Å². The Morgan fingerprint density at radius 3 is 2.59 bits per heavy atom. The van der Waals surface area contributed by atoms with E-state index in [0.717, 1.165) is 32.3 Å². The molecule has 0 unspecified atom stereocenters. The average Bonchev–Trinajstić information content (AvgIpc) is 3.29. The summed E-state index contributed by atoms with van der Waals surface area (Å²) in [6, 6.07) is 20.9. The third kappa shape index (κ3) is 5.74. The molecule has 0 spiro atoms. The molecule has 0 fully saturated rings. The van der Waals surface area contributed by atoms with Crippen LogP contribution in [0.2, 0.25) is 0 Å². The maximum absolute atomic E-state index is 12.3. The molecule has 0 aliphatic rings. The Labute approximate surface area is 202 Å². The number of hydrogen-bond acceptors (Lipinski definition) is 6. The molecule has 0 saturated carbocycles. The van der Waals surface area contributed by atoms with E-state index in [1.165, 1.54) is 0 Å². The van der Waals surface area contributed by atoms with Crippen molar-refractivity contribution in [2.24, 2.45) is 0 Å². The van der Waals surface area contributed by atoms with Gasteiger partial charge in [-0.05, 0) is 42.8 Å². The molecule has 0 radical (unpaired) electrons. The summed E-state index contributed by atoms with van der Waals surface area (Å²) in [4.78, 5) is 34.2. The first kappa shape index (κ1) is 23.3. The van der Waals surface area contributed by atoms with Crippen LogP contribution in [0.5, 0.6) is 0 Å². The summed E-state index contributed by atoms with van der Waals surface area (Å²) in [5.74, 6) is 0.0711. The zero-order chi connectivity index (χ0) is 23.9. The number of ether oxygens (including phenoxy) is 1. The van der Waals surface area contributed by atoms with E-state index in [1.54, 1.807) is 36.6 Å². The van der Waals surface area contributed by atoms with Crippen molar-refractivity contribution >= 4 is 29.0 Å². The second-order valence-corrected chi connectivity index (χ2v) is 8.82. The molecule has 0 bridgehead atoms. The highest BCUT2D eigenvalue weighted by Crippen LogP contribution is 2.38. The van der Waals surface area contributed by atoms with Gasteiger partial charge in [0.2, 0.25) is 5.91 Å². The van der Waals surface area contributed by atoms with Gasteiger partial charge in [0.05, 0.1) is 27.7 Å². The molecule has 2 aromatic heterocycles. The molecular weight excluding hydrogens is 446 g/mol. The van der Waals surface area contributed by atoms with Crippen molar-refractivity contribution in [1.29, 1.82) is 0 Å². The van der Waals surface area contributed by atoms with Crippen molar-refractivity contribution in [3.8, 4) is 21.7 Å². The van der Waals surface area contributed by atoms with Crippen LogP contribution in [-0.2, 0) is 16.0 Å². The van der Waals surface area contributed by atoms with Crippen molar-refractivity contribution in [1.82, 2.24) is 9.97 Å². The highest BCUT2D eigenvalue weighted by atomic mass is 32.1. The van der Waals surface area contributed by atoms with Gasteiger partial charge in [-0.25, -0.2) is 14.8 Å². The first-order valence-corrected chi connectivity index (χ1v) is 11.9. The highest BCUT2D eigenvalue weighted by molar-refractivity contribution is 7.15. The van der Waals surface area contributed by atoms with E-state index in [0.29, 0.717) is 24.2 Å². The second-order valence-electron chi connectivity index (χ2n) is 7.74. The lowest BCUT2D eigenvalue weighted by Crippen LogP contribution is -2.10. The number of aryl methyl sites for hydroxylation is 1. The molecule has 0 aliphatic heterocycles. The molecule has 34 heavy (non-hydrogen) atoms. The lowest BCUT2D eigenvalue weighted by atomic mass is 10.1. The Balaban J connectivity index is 1.60. The molecule has 2 heterocycles. The molecule has 2 aromatic carbocycles. The van der Waals surface area contributed by atoms with Crippen molar-refractivity contribution < 1.29 is 14.3 Å². The van der Waals surface area contributed by atoms with E-state index in [9.17, 15) is 9.59 Å². The van der Waals surface area contributed by atoms with Crippen LogP contribution in [0.4, 0.5) is 5.82 Å². The van der Waals surface area contributed by atoms with Gasteiger partial charge < -0.3 is 10.1 Å². The summed E-state index contributed by atoms with van der Waals surface area (Å²) in [5.41, 5.74) is 4.45. The van der Waals surface area contributed by atoms with Crippen molar-refractivity contribution in [2.75, 3.05) is 11.9 Å². The van der Waals surface area contributed by atoms with Crippen LogP contribution in [0.1, 0.15) is 34.3 Å². The van der Waals surface area contributed by atoms with E-state index in [1.807, 2.05) is 55.5 Å². The summed E-state index contributed by atoms with van der Waals surface area (Å²) in [5, 5.41) is 3.68. The summed E-state index contributed by atoms with van der Waals surface area (Å²) in [7, 11) is 0. The van der Waals surface area contributed by atoms with Gasteiger partial charge in [-0.2, -0.15) is 0 Å². The fraction of sp³-hybridized carbons (Fsp3) is 0.185. The van der Waals surface area contributed by atoms with Crippen LogP contribution in [0, 0.1) is 6.92 Å². The summed E-state index contributed by atoms with van der Waals surface area (Å²) < 4.78 is 5.46. The Morgan fingerprint density at radius 2 is 1.82 bits per heavy atom. The second kappa shape index (κ2) is 10.9. The van der Waals surface area contributed by atoms with Crippen molar-refractivity contribution in [3.05, 3.63) is 89.1 Å². The molecule has 0 saturated heterocycles. The summed E-state index contributed by atoms with van der Waals surface area (Å²) >= 11 is 1.55. The van der Waals surface area contributed by atoms with Crippen LogP contribution < -0.4 is 5.32 Å². The van der Waals surface area contributed by atoms with Crippen LogP contribution in [0.25, 0.3) is 21.7 Å². The molecule has 4 aromatic rings. The Bertz CT molecular complexity index is 1300. The molecular formula is C27H25N3O3S. The van der Waals surface area contributed by atoms with Gasteiger partial charge in [-0.3, -0.25) is 4.79 Å². The fourth-order valence-corrected chi connectivity index (χ4v) is 4.48. The van der Waals surface area contributed by atoms with E-state index in [-0.39, 0.29) is 18.5 Å². The quantitative estimate of drug-likeness (QED) is 0.322. The number of nitrogens with zero attached hydrogens (tertiary/aromatic N) is 2. The molecule has 7 heteroatoms. The average molecular weight is 472 g/mol. The van der Waals surface area contributed by atoms with Gasteiger partial charge in [0.1, 0.15) is 5.82 Å². The first-order chi connectivity index (χ1) is 16.5. The van der Waals surface area contributed by atoms with Crippen LogP contribution in [-0.4, -0.2) is 28.5 Å². The Morgan fingerprint density at radius 1 is 1.00 bits per heavy atom. The number of thiazole rings is 1. The van der Waals surface area contributed by atoms with Gasteiger partial charge in [-0.1, -0.05) is 48.9 Å². The predicted octanol–water partition coefficient (Wildman–Crippen LogP) is 5.93. The summed E-state index contributed by atoms with van der Waals surface area (Å²) in [6.07, 6.45) is 2.57. The standard InChI is InChI=1S/C27H25N3O3S/c1-3-23(31)29-22-17-21(12-14-28-22)26-25(20-11-7-8-18(2)16-20)30-24(34-26)13-15-33-27(32)19-9-5-4-6-10-19/h4-12,14,16-17H,3,13,15H2,1-2H3,(H,28,29,31). The smallest absolute Gasteiger partial charge is 0.338 e. The number of esters is 1. The number of hydrogen-bond donors (Lipinski definition) is 1. The highest BCUT2D eigenvalue weighted by Gasteiger charge is 2.17. The number of benzene rings is 2.